The van der Waals surface area contributed by atoms with Crippen molar-refractivity contribution in [1.82, 2.24) is 19.5 Å². The molecule has 0 aliphatic heterocycles. The van der Waals surface area contributed by atoms with Crippen molar-refractivity contribution in [3.63, 3.8) is 0 Å². The van der Waals surface area contributed by atoms with Crippen LogP contribution in [0.4, 0.5) is 11.6 Å². The summed E-state index contributed by atoms with van der Waals surface area (Å²) in [5, 5.41) is 0.263. The molecule has 3 aromatic rings. The lowest BCUT2D eigenvalue weighted by Gasteiger charge is -2.05. The number of nitrogen functional groups attached to an aromatic ring is 2. The zero-order chi connectivity index (χ0) is 13.4. The molecule has 0 amide bonds. The van der Waals surface area contributed by atoms with Crippen LogP contribution in [-0.4, -0.2) is 19.5 Å². The van der Waals surface area contributed by atoms with Gasteiger partial charge in [0.2, 0.25) is 5.95 Å². The van der Waals surface area contributed by atoms with E-state index in [9.17, 15) is 0 Å². The first-order valence-corrected chi connectivity index (χ1v) is 5.99. The van der Waals surface area contributed by atoms with Crippen LogP contribution in [0, 0.1) is 0 Å². The topological polar surface area (TPSA) is 95.6 Å². The molecule has 0 bridgehead atoms. The van der Waals surface area contributed by atoms with Crippen molar-refractivity contribution in [2.24, 2.45) is 0 Å². The molecule has 0 spiro atoms. The summed E-state index contributed by atoms with van der Waals surface area (Å²) >= 11 is 5.98. The molecule has 0 atom stereocenters. The van der Waals surface area contributed by atoms with Crippen molar-refractivity contribution < 1.29 is 0 Å². The van der Waals surface area contributed by atoms with Crippen molar-refractivity contribution in [2.75, 3.05) is 11.5 Å². The predicted octanol–water partition coefficient (Wildman–Crippen LogP) is 1.69. The number of hydrogen-bond acceptors (Lipinski definition) is 5. The van der Waals surface area contributed by atoms with Gasteiger partial charge < -0.3 is 16.0 Å². The molecule has 4 N–H and O–H groups in total. The van der Waals surface area contributed by atoms with Gasteiger partial charge in [-0.15, -0.1) is 0 Å². The number of aromatic nitrogens is 4. The summed E-state index contributed by atoms with van der Waals surface area (Å²) in [6.07, 6.45) is 1.67. The Labute approximate surface area is 114 Å². The molecule has 6 nitrogen and oxygen atoms in total. The number of anilines is 2. The first-order valence-electron chi connectivity index (χ1n) is 5.62. The second kappa shape index (κ2) is 4.40. The van der Waals surface area contributed by atoms with Crippen LogP contribution < -0.4 is 11.5 Å². The third-order valence-electron chi connectivity index (χ3n) is 2.77. The molecule has 7 heteroatoms. The number of nitrogens with two attached hydrogens (primary N) is 2. The van der Waals surface area contributed by atoms with Gasteiger partial charge in [0, 0.05) is 5.69 Å². The summed E-state index contributed by atoms with van der Waals surface area (Å²) in [6, 6.07) is 7.61. The molecule has 19 heavy (non-hydrogen) atoms. The fourth-order valence-electron chi connectivity index (χ4n) is 1.86. The Balaban J connectivity index is 2.03. The summed E-state index contributed by atoms with van der Waals surface area (Å²) in [5.41, 5.74) is 14.2. The van der Waals surface area contributed by atoms with Crippen LogP contribution in [-0.2, 0) is 6.54 Å². The zero-order valence-corrected chi connectivity index (χ0v) is 10.7. The second-order valence-corrected chi connectivity index (χ2v) is 4.52. The van der Waals surface area contributed by atoms with Gasteiger partial charge in [-0.05, 0) is 17.7 Å². The first-order chi connectivity index (χ1) is 9.13. The summed E-state index contributed by atoms with van der Waals surface area (Å²) in [5.74, 6) is 0.136. The molecule has 0 radical (unpaired) electrons. The highest BCUT2D eigenvalue weighted by atomic mass is 35.5. The number of benzene rings is 1. The Morgan fingerprint density at radius 1 is 1.11 bits per heavy atom. The highest BCUT2D eigenvalue weighted by Gasteiger charge is 2.10. The molecule has 0 fully saturated rings. The van der Waals surface area contributed by atoms with Gasteiger partial charge >= 0.3 is 0 Å². The third-order valence-corrected chi connectivity index (χ3v) is 3.03. The van der Waals surface area contributed by atoms with Crippen LogP contribution in [0.5, 0.6) is 0 Å². The molecular weight excluding hydrogens is 264 g/mol. The number of rotatable bonds is 2. The Bertz CT molecular complexity index is 734. The van der Waals surface area contributed by atoms with Crippen molar-refractivity contribution in [2.45, 2.75) is 6.54 Å². The number of fused-ring (bicyclic) bond motifs is 1. The summed E-state index contributed by atoms with van der Waals surface area (Å²) in [4.78, 5) is 12.2. The van der Waals surface area contributed by atoms with E-state index in [0.717, 1.165) is 11.3 Å². The molecule has 0 saturated carbocycles. The maximum absolute atomic E-state index is 5.98. The molecular formula is C12H11ClN6. The van der Waals surface area contributed by atoms with Crippen LogP contribution >= 0.6 is 11.6 Å². The zero-order valence-electron chi connectivity index (χ0n) is 9.92. The first kappa shape index (κ1) is 11.7. The predicted molar refractivity (Wildman–Crippen MR) is 74.7 cm³/mol. The van der Waals surface area contributed by atoms with Gasteiger partial charge in [0.05, 0.1) is 12.9 Å². The average molecular weight is 275 g/mol. The van der Waals surface area contributed by atoms with Crippen LogP contribution in [0.1, 0.15) is 5.56 Å². The number of hydrogen-bond donors (Lipinski definition) is 2. The lowest BCUT2D eigenvalue weighted by Crippen LogP contribution is -2.02. The number of imidazole rings is 1. The fraction of sp³-hybridized carbons (Fsp3) is 0.0833. The Hall–Kier alpha value is -2.34. The molecule has 3 rings (SSSR count). The SMILES string of the molecule is Nc1ccc(Cn2cnc3c(Cl)nc(N)nc32)cc1. The van der Waals surface area contributed by atoms with Gasteiger partial charge in [0.25, 0.3) is 0 Å². The van der Waals surface area contributed by atoms with Gasteiger partial charge in [-0.2, -0.15) is 9.97 Å². The number of halogens is 1. The lowest BCUT2D eigenvalue weighted by atomic mass is 10.2. The van der Waals surface area contributed by atoms with E-state index in [4.69, 9.17) is 23.1 Å². The van der Waals surface area contributed by atoms with E-state index in [1.54, 1.807) is 6.33 Å². The monoisotopic (exact) mass is 274 g/mol. The normalized spacial score (nSPS) is 11.0. The van der Waals surface area contributed by atoms with Crippen molar-refractivity contribution in [3.05, 3.63) is 41.3 Å². The lowest BCUT2D eigenvalue weighted by molar-refractivity contribution is 0.814. The molecule has 2 heterocycles. The van der Waals surface area contributed by atoms with Crippen molar-refractivity contribution >= 4 is 34.4 Å². The van der Waals surface area contributed by atoms with Crippen LogP contribution in [0.2, 0.25) is 5.15 Å². The molecule has 1 aromatic carbocycles. The molecule has 0 aliphatic carbocycles. The largest absolute Gasteiger partial charge is 0.399 e. The summed E-state index contributed by atoms with van der Waals surface area (Å²) in [6.45, 7) is 0.615. The Morgan fingerprint density at radius 2 is 1.84 bits per heavy atom. The van der Waals surface area contributed by atoms with Gasteiger partial charge in [-0.25, -0.2) is 4.98 Å². The quantitative estimate of drug-likeness (QED) is 0.548. The minimum absolute atomic E-state index is 0.136. The van der Waals surface area contributed by atoms with Crippen LogP contribution in [0.15, 0.2) is 30.6 Å². The number of nitrogens with zero attached hydrogens (tertiary/aromatic N) is 4. The third kappa shape index (κ3) is 2.17. The Kier molecular flexibility index (Phi) is 2.72. The van der Waals surface area contributed by atoms with Gasteiger partial charge in [0.15, 0.2) is 10.8 Å². The van der Waals surface area contributed by atoms with Crippen LogP contribution in [0.25, 0.3) is 11.2 Å². The van der Waals surface area contributed by atoms with Crippen LogP contribution in [0.3, 0.4) is 0 Å². The van der Waals surface area contributed by atoms with Crippen molar-refractivity contribution in [3.8, 4) is 0 Å². The second-order valence-electron chi connectivity index (χ2n) is 4.16. The maximum atomic E-state index is 5.98. The smallest absolute Gasteiger partial charge is 0.223 e. The highest BCUT2D eigenvalue weighted by molar-refractivity contribution is 6.33. The minimum atomic E-state index is 0.136. The standard InChI is InChI=1S/C12H11ClN6/c13-10-9-11(18-12(15)17-10)19(6-16-9)5-7-1-3-8(14)4-2-7/h1-4,6H,5,14H2,(H2,15,17,18). The van der Waals surface area contributed by atoms with E-state index in [1.807, 2.05) is 28.8 Å². The molecule has 0 unspecified atom stereocenters. The molecule has 2 aromatic heterocycles. The van der Waals surface area contributed by atoms with Gasteiger partial charge in [-0.3, -0.25) is 0 Å². The summed E-state index contributed by atoms with van der Waals surface area (Å²) < 4.78 is 1.87. The van der Waals surface area contributed by atoms with E-state index in [-0.39, 0.29) is 11.1 Å². The summed E-state index contributed by atoms with van der Waals surface area (Å²) in [7, 11) is 0. The maximum Gasteiger partial charge on any atom is 0.223 e. The van der Waals surface area contributed by atoms with E-state index >= 15 is 0 Å². The molecule has 0 saturated heterocycles. The Morgan fingerprint density at radius 3 is 2.58 bits per heavy atom. The van der Waals surface area contributed by atoms with Gasteiger partial charge in [0.1, 0.15) is 5.52 Å². The fourth-order valence-corrected chi connectivity index (χ4v) is 2.08. The minimum Gasteiger partial charge on any atom is -0.399 e. The van der Waals surface area contributed by atoms with Gasteiger partial charge in [-0.1, -0.05) is 23.7 Å². The van der Waals surface area contributed by atoms with E-state index in [2.05, 4.69) is 15.0 Å². The molecule has 0 aliphatic rings. The highest BCUT2D eigenvalue weighted by Crippen LogP contribution is 2.20. The average Bonchev–Trinajstić information content (AvgIpc) is 2.76. The van der Waals surface area contributed by atoms with E-state index < -0.39 is 0 Å². The van der Waals surface area contributed by atoms with Crippen molar-refractivity contribution in [1.29, 1.82) is 0 Å². The van der Waals surface area contributed by atoms with E-state index in [1.165, 1.54) is 0 Å². The molecule has 96 valence electrons. The van der Waals surface area contributed by atoms with E-state index in [0.29, 0.717) is 17.7 Å².